The van der Waals surface area contributed by atoms with E-state index in [2.05, 4.69) is 300 Å². The summed E-state index contributed by atoms with van der Waals surface area (Å²) in [6.07, 6.45) is 1.75. The van der Waals surface area contributed by atoms with Crippen molar-refractivity contribution in [3.63, 3.8) is 0 Å². The van der Waals surface area contributed by atoms with E-state index in [-0.39, 0.29) is 44.1 Å². The van der Waals surface area contributed by atoms with Gasteiger partial charge in [-0.3, -0.25) is 4.98 Å². The Morgan fingerprint density at radius 2 is 0.655 bits per heavy atom. The van der Waals surface area contributed by atoms with E-state index in [1.807, 2.05) is 42.5 Å². The Balaban J connectivity index is 0.000000149. The average molecular weight is 1160 g/mol. The molecular weight excluding hydrogens is 1060 g/mol. The van der Waals surface area contributed by atoms with Crippen LogP contribution < -0.4 is 0 Å². The fourth-order valence-electron chi connectivity index (χ4n) is 11.1. The third-order valence-corrected chi connectivity index (χ3v) is 15.8. The number of aryl methyl sites for hydroxylation is 1. The maximum atomic E-state index is 13.6. The molecule has 1 heterocycles. The molecule has 0 spiro atoms. The summed E-state index contributed by atoms with van der Waals surface area (Å²) in [6, 6.07) is 76.6. The van der Waals surface area contributed by atoms with Crippen LogP contribution in [0.2, 0.25) is 0 Å². The van der Waals surface area contributed by atoms with Crippen LogP contribution >= 0.6 is 0 Å². The van der Waals surface area contributed by atoms with E-state index in [0.29, 0.717) is 5.39 Å². The summed E-state index contributed by atoms with van der Waals surface area (Å²) in [4.78, 5) is 4.32. The third-order valence-electron chi connectivity index (χ3n) is 15.8. The average Bonchev–Trinajstić information content (AvgIpc) is 2.88. The van der Waals surface area contributed by atoms with Gasteiger partial charge in [-0.2, -0.15) is 0 Å². The molecule has 450 valence electrons. The molecule has 0 N–H and O–H groups in total. The van der Waals surface area contributed by atoms with Gasteiger partial charge in [-0.25, -0.2) is 8.78 Å². The Labute approximate surface area is 521 Å². The van der Waals surface area contributed by atoms with E-state index in [1.165, 1.54) is 82.5 Å². The first kappa shape index (κ1) is 66.5. The number of pyridine rings is 1. The Morgan fingerprint density at radius 3 is 1.15 bits per heavy atom. The molecule has 0 fully saturated rings. The lowest BCUT2D eigenvalue weighted by Gasteiger charge is -2.21. The molecule has 0 saturated carbocycles. The summed E-state index contributed by atoms with van der Waals surface area (Å²) in [5.41, 5.74) is 10.9. The minimum Gasteiger partial charge on any atom is -0.256 e. The second-order valence-corrected chi connectivity index (χ2v) is 29.3. The minimum absolute atomic E-state index is 0.0489. The molecular formula is C84H95F2N. The molecule has 12 aromatic rings. The topological polar surface area (TPSA) is 12.9 Å². The van der Waals surface area contributed by atoms with Gasteiger partial charge in [0, 0.05) is 17.0 Å². The highest BCUT2D eigenvalue weighted by Crippen LogP contribution is 2.35. The predicted octanol–water partition coefficient (Wildman–Crippen LogP) is 24.8. The molecule has 0 aliphatic heterocycles. The first-order valence-electron chi connectivity index (χ1n) is 30.9. The number of rotatable bonds is 0. The molecule has 1 aromatic heterocycles. The van der Waals surface area contributed by atoms with Crippen molar-refractivity contribution in [1.29, 1.82) is 0 Å². The van der Waals surface area contributed by atoms with Gasteiger partial charge in [0.1, 0.15) is 11.6 Å². The lowest BCUT2D eigenvalue weighted by atomic mass is 9.83. The highest BCUT2D eigenvalue weighted by molar-refractivity contribution is 5.90. The smallest absolute Gasteiger partial charge is 0.131 e. The summed E-state index contributed by atoms with van der Waals surface area (Å²) in [7, 11) is 0. The normalized spacial score (nSPS) is 12.0. The van der Waals surface area contributed by atoms with Gasteiger partial charge in [0.05, 0.1) is 5.52 Å². The number of hydrogen-bond donors (Lipinski definition) is 0. The van der Waals surface area contributed by atoms with Crippen molar-refractivity contribution in [3.05, 3.63) is 281 Å². The van der Waals surface area contributed by atoms with Crippen molar-refractivity contribution in [2.24, 2.45) is 0 Å². The maximum absolute atomic E-state index is 13.6. The quantitative estimate of drug-likeness (QED) is 0.147. The van der Waals surface area contributed by atoms with Crippen LogP contribution in [-0.4, -0.2) is 4.98 Å². The SMILES string of the molecule is CC(C)(C)c1cc(F)cc2cccnc12.CC(C)(C)c1ccc(F)c2ccccc12.CC(C)(C)c1ccc2ccccc2c1.CC(C)(C)c1cccc2ccccc12.CC(C)(C)c1cccc2ccccc12.Cc1ccc2cccc(C(C)(C)C)c2c1. The molecule has 0 aliphatic rings. The lowest BCUT2D eigenvalue weighted by Crippen LogP contribution is -2.12. The number of nitrogens with zero attached hydrogens (tertiary/aromatic N) is 1. The van der Waals surface area contributed by atoms with E-state index in [4.69, 9.17) is 0 Å². The van der Waals surface area contributed by atoms with Crippen molar-refractivity contribution in [2.45, 2.75) is 164 Å². The molecule has 0 saturated heterocycles. The molecule has 1 nitrogen and oxygen atoms in total. The number of benzene rings is 11. The Hall–Kier alpha value is -8.01. The van der Waals surface area contributed by atoms with Crippen molar-refractivity contribution >= 4 is 64.8 Å². The molecule has 0 amide bonds. The van der Waals surface area contributed by atoms with E-state index in [1.54, 1.807) is 18.3 Å². The second-order valence-electron chi connectivity index (χ2n) is 29.3. The van der Waals surface area contributed by atoms with Crippen molar-refractivity contribution < 1.29 is 8.78 Å². The van der Waals surface area contributed by atoms with E-state index in [9.17, 15) is 8.78 Å². The van der Waals surface area contributed by atoms with Gasteiger partial charge in [-0.15, -0.1) is 0 Å². The van der Waals surface area contributed by atoms with Gasteiger partial charge < -0.3 is 0 Å². The monoisotopic (exact) mass is 1160 g/mol. The number of hydrogen-bond acceptors (Lipinski definition) is 1. The summed E-state index contributed by atoms with van der Waals surface area (Å²) in [5.74, 6) is -0.334. The minimum atomic E-state index is -0.194. The first-order valence-corrected chi connectivity index (χ1v) is 30.9. The van der Waals surface area contributed by atoms with Crippen LogP contribution in [0.5, 0.6) is 0 Å². The molecule has 0 bridgehead atoms. The fraction of sp³-hybridized carbons (Fsp3) is 0.298. The fourth-order valence-corrected chi connectivity index (χ4v) is 11.1. The molecule has 11 aromatic carbocycles. The van der Waals surface area contributed by atoms with Crippen LogP contribution in [0, 0.1) is 18.6 Å². The van der Waals surface area contributed by atoms with Gasteiger partial charge in [0.2, 0.25) is 0 Å². The summed E-state index contributed by atoms with van der Waals surface area (Å²) in [6.45, 7) is 41.9. The Kier molecular flexibility index (Phi) is 20.9. The summed E-state index contributed by atoms with van der Waals surface area (Å²) < 4.78 is 27.0. The van der Waals surface area contributed by atoms with Gasteiger partial charge in [0.25, 0.3) is 0 Å². The summed E-state index contributed by atoms with van der Waals surface area (Å²) in [5, 5.41) is 13.4. The van der Waals surface area contributed by atoms with Crippen LogP contribution in [0.4, 0.5) is 8.78 Å². The molecule has 87 heavy (non-hydrogen) atoms. The highest BCUT2D eigenvalue weighted by Gasteiger charge is 2.21. The summed E-state index contributed by atoms with van der Waals surface area (Å²) >= 11 is 0. The zero-order valence-corrected chi connectivity index (χ0v) is 55.6. The number of fused-ring (bicyclic) bond motifs is 6. The lowest BCUT2D eigenvalue weighted by molar-refractivity contribution is 0.577. The zero-order valence-electron chi connectivity index (χ0n) is 55.6. The van der Waals surface area contributed by atoms with E-state index in [0.717, 1.165) is 21.9 Å². The number of aromatic nitrogens is 1. The van der Waals surface area contributed by atoms with Crippen LogP contribution in [0.3, 0.4) is 0 Å². The Morgan fingerprint density at radius 1 is 0.264 bits per heavy atom. The highest BCUT2D eigenvalue weighted by atomic mass is 19.1. The zero-order chi connectivity index (χ0) is 63.7. The molecule has 0 aliphatic carbocycles. The maximum Gasteiger partial charge on any atom is 0.131 e. The van der Waals surface area contributed by atoms with Gasteiger partial charge >= 0.3 is 0 Å². The van der Waals surface area contributed by atoms with Crippen LogP contribution in [0.1, 0.15) is 164 Å². The van der Waals surface area contributed by atoms with Crippen LogP contribution in [-0.2, 0) is 32.5 Å². The van der Waals surface area contributed by atoms with Gasteiger partial charge in [-0.05, 0) is 146 Å². The van der Waals surface area contributed by atoms with E-state index < -0.39 is 0 Å². The Bertz CT molecular complexity index is 4130. The van der Waals surface area contributed by atoms with Gasteiger partial charge in [-0.1, -0.05) is 330 Å². The van der Waals surface area contributed by atoms with Crippen LogP contribution in [0.25, 0.3) is 64.8 Å². The molecule has 3 heteroatoms. The third kappa shape index (κ3) is 17.6. The predicted molar refractivity (Wildman–Crippen MR) is 378 cm³/mol. The first-order chi connectivity index (χ1) is 40.7. The van der Waals surface area contributed by atoms with Crippen molar-refractivity contribution in [1.82, 2.24) is 4.98 Å². The molecule has 0 radical (unpaired) electrons. The van der Waals surface area contributed by atoms with Crippen molar-refractivity contribution in [3.8, 4) is 0 Å². The van der Waals surface area contributed by atoms with Gasteiger partial charge in [0.15, 0.2) is 0 Å². The second kappa shape index (κ2) is 27.4. The van der Waals surface area contributed by atoms with Crippen LogP contribution in [0.15, 0.2) is 231 Å². The van der Waals surface area contributed by atoms with E-state index >= 15 is 0 Å². The molecule has 0 unspecified atom stereocenters. The standard InChI is InChI=1S/C15H18.C14H15F.3C14H16.C13H14FN/c1-11-8-9-12-6-5-7-14(13(12)10-11)15(2,3)4;1-14(2,3)12-8-9-13(15)11-7-5-4-6-10(11)12;2*1-14(2,3)13-10-6-8-11-7-4-5-9-12(11)13;1-14(2,3)13-9-8-11-6-4-5-7-12(11)10-13;1-13(2,3)11-8-10(14)7-9-5-4-6-15-12(9)11/h5-10H,1-4H3;4-9H,1-3H3;3*4-10H,1-3H3;4-8H,1-3H3. The molecule has 12 rings (SSSR count). The van der Waals surface area contributed by atoms with Crippen molar-refractivity contribution in [2.75, 3.05) is 0 Å². The largest absolute Gasteiger partial charge is 0.256 e. The molecule has 0 atom stereocenters. The number of halogens is 2.